The van der Waals surface area contributed by atoms with Crippen molar-refractivity contribution in [2.75, 3.05) is 10.6 Å². The van der Waals surface area contributed by atoms with Crippen LogP contribution in [0.2, 0.25) is 0 Å². The highest BCUT2D eigenvalue weighted by Gasteiger charge is 2.20. The van der Waals surface area contributed by atoms with E-state index < -0.39 is 11.9 Å². The molecular weight excluding hydrogens is 444 g/mol. The summed E-state index contributed by atoms with van der Waals surface area (Å²) in [6.07, 6.45) is 3.24. The number of para-hydroxylation sites is 1. The minimum Gasteiger partial charge on any atom is -0.437 e. The lowest BCUT2D eigenvalue weighted by Crippen LogP contribution is -2.20. The molecule has 3 amide bonds. The molecule has 0 bridgehead atoms. The van der Waals surface area contributed by atoms with Crippen LogP contribution >= 0.6 is 0 Å². The van der Waals surface area contributed by atoms with E-state index in [-0.39, 0.29) is 11.1 Å². The molecule has 2 aromatic carbocycles. The largest absolute Gasteiger partial charge is 0.437 e. The van der Waals surface area contributed by atoms with Crippen LogP contribution in [0.5, 0.6) is 11.6 Å². The third kappa shape index (κ3) is 5.64. The summed E-state index contributed by atoms with van der Waals surface area (Å²) in [5.41, 5.74) is 8.03. The van der Waals surface area contributed by atoms with Gasteiger partial charge in [0, 0.05) is 23.6 Å². The maximum absolute atomic E-state index is 12.7. The predicted octanol–water partition coefficient (Wildman–Crippen LogP) is 5.10. The molecule has 0 atom stereocenters. The summed E-state index contributed by atoms with van der Waals surface area (Å²) < 4.78 is 7.63. The first-order valence-electron chi connectivity index (χ1n) is 11.0. The van der Waals surface area contributed by atoms with E-state index in [2.05, 4.69) is 41.5 Å². The lowest BCUT2D eigenvalue weighted by Gasteiger charge is -2.22. The predicted molar refractivity (Wildman–Crippen MR) is 134 cm³/mol. The van der Waals surface area contributed by atoms with Gasteiger partial charge in [0.05, 0.1) is 5.69 Å². The molecule has 178 valence electrons. The normalized spacial score (nSPS) is 11.1. The third-order valence-electron chi connectivity index (χ3n) is 5.15. The van der Waals surface area contributed by atoms with Gasteiger partial charge >= 0.3 is 6.03 Å². The van der Waals surface area contributed by atoms with Gasteiger partial charge in [-0.1, -0.05) is 39.0 Å². The minimum atomic E-state index is -0.598. The van der Waals surface area contributed by atoms with Crippen molar-refractivity contribution >= 4 is 23.3 Å². The zero-order chi connectivity index (χ0) is 25.0. The van der Waals surface area contributed by atoms with Gasteiger partial charge in [-0.25, -0.2) is 14.5 Å². The van der Waals surface area contributed by atoms with Crippen molar-refractivity contribution in [1.29, 1.82) is 0 Å². The van der Waals surface area contributed by atoms with Gasteiger partial charge in [-0.05, 0) is 53.9 Å². The maximum Gasteiger partial charge on any atom is 0.323 e. The summed E-state index contributed by atoms with van der Waals surface area (Å²) in [5.74, 6) is 0.369. The number of benzene rings is 2. The summed E-state index contributed by atoms with van der Waals surface area (Å²) >= 11 is 0. The molecule has 0 aliphatic heterocycles. The Morgan fingerprint density at radius 3 is 2.37 bits per heavy atom. The maximum atomic E-state index is 12.7. The number of carbonyl (C=O) groups is 2. The average molecular weight is 471 g/mol. The Morgan fingerprint density at radius 1 is 0.943 bits per heavy atom. The number of aromatic nitrogens is 3. The molecule has 2 heterocycles. The Labute approximate surface area is 202 Å². The van der Waals surface area contributed by atoms with Crippen molar-refractivity contribution in [3.63, 3.8) is 0 Å². The summed E-state index contributed by atoms with van der Waals surface area (Å²) in [7, 11) is 0. The second-order valence-corrected chi connectivity index (χ2v) is 8.84. The second kappa shape index (κ2) is 9.68. The highest BCUT2D eigenvalue weighted by atomic mass is 16.5. The van der Waals surface area contributed by atoms with Crippen LogP contribution in [0.15, 0.2) is 79.1 Å². The number of primary amides is 1. The number of ether oxygens (including phenoxy) is 1. The molecule has 9 heteroatoms. The van der Waals surface area contributed by atoms with Gasteiger partial charge in [-0.2, -0.15) is 5.10 Å². The van der Waals surface area contributed by atoms with Gasteiger partial charge in [0.1, 0.15) is 17.1 Å². The molecule has 0 saturated heterocycles. The average Bonchev–Trinajstić information content (AvgIpc) is 3.31. The van der Waals surface area contributed by atoms with Gasteiger partial charge in [-0.15, -0.1) is 0 Å². The van der Waals surface area contributed by atoms with E-state index >= 15 is 0 Å². The molecule has 4 aromatic rings. The molecule has 35 heavy (non-hydrogen) atoms. The highest BCUT2D eigenvalue weighted by molar-refractivity contribution is 6.00. The van der Waals surface area contributed by atoms with E-state index in [0.717, 1.165) is 5.56 Å². The van der Waals surface area contributed by atoms with Gasteiger partial charge in [0.25, 0.3) is 5.91 Å². The topological polar surface area (TPSA) is 124 Å². The quantitative estimate of drug-likeness (QED) is 0.362. The van der Waals surface area contributed by atoms with Crippen LogP contribution < -0.4 is 21.1 Å². The minimum absolute atomic E-state index is 0.125. The van der Waals surface area contributed by atoms with E-state index in [9.17, 15) is 9.59 Å². The molecule has 2 aromatic heterocycles. The molecule has 4 N–H and O–H groups in total. The van der Waals surface area contributed by atoms with Gasteiger partial charge in [0.15, 0.2) is 0 Å². The van der Waals surface area contributed by atoms with Crippen LogP contribution in [0, 0.1) is 0 Å². The summed E-state index contributed by atoms with van der Waals surface area (Å²) in [4.78, 5) is 28.2. The number of hydrogen-bond donors (Lipinski definition) is 3. The van der Waals surface area contributed by atoms with Crippen molar-refractivity contribution in [3.8, 4) is 17.3 Å². The Bertz CT molecular complexity index is 1360. The monoisotopic (exact) mass is 470 g/mol. The molecule has 0 unspecified atom stereocenters. The van der Waals surface area contributed by atoms with Crippen molar-refractivity contribution in [2.24, 2.45) is 5.73 Å². The van der Waals surface area contributed by atoms with Crippen molar-refractivity contribution in [1.82, 2.24) is 14.8 Å². The third-order valence-corrected chi connectivity index (χ3v) is 5.15. The molecule has 0 aliphatic carbocycles. The number of urea groups is 1. The summed E-state index contributed by atoms with van der Waals surface area (Å²) in [6.45, 7) is 6.32. The molecule has 0 aliphatic rings. The molecular formula is C26H26N6O3. The number of hydrogen-bond acceptors (Lipinski definition) is 5. The fraction of sp³-hybridized carbons (Fsp3) is 0.154. The van der Waals surface area contributed by atoms with Gasteiger partial charge < -0.3 is 21.1 Å². The van der Waals surface area contributed by atoms with Crippen molar-refractivity contribution in [3.05, 3.63) is 90.4 Å². The van der Waals surface area contributed by atoms with Crippen LogP contribution in [0.4, 0.5) is 16.2 Å². The first-order chi connectivity index (χ1) is 16.7. The number of pyridine rings is 1. The Hall–Kier alpha value is -4.66. The van der Waals surface area contributed by atoms with E-state index in [4.69, 9.17) is 10.5 Å². The number of nitrogens with two attached hydrogens (primary N) is 1. The number of nitrogens with zero attached hydrogens (tertiary/aromatic N) is 3. The number of anilines is 2. The van der Waals surface area contributed by atoms with Crippen molar-refractivity contribution in [2.45, 2.75) is 26.2 Å². The Balaban J connectivity index is 1.45. The number of amides is 3. The fourth-order valence-electron chi connectivity index (χ4n) is 3.43. The molecule has 0 saturated carbocycles. The smallest absolute Gasteiger partial charge is 0.323 e. The van der Waals surface area contributed by atoms with Crippen molar-refractivity contribution < 1.29 is 14.3 Å². The van der Waals surface area contributed by atoms with E-state index in [1.54, 1.807) is 48.8 Å². The Morgan fingerprint density at radius 2 is 1.69 bits per heavy atom. The molecule has 4 rings (SSSR count). The van der Waals surface area contributed by atoms with Gasteiger partial charge in [0.2, 0.25) is 5.88 Å². The Kier molecular flexibility index (Phi) is 6.50. The van der Waals surface area contributed by atoms with Crippen LogP contribution in [-0.4, -0.2) is 26.7 Å². The first-order valence-corrected chi connectivity index (χ1v) is 11.0. The van der Waals surface area contributed by atoms with E-state index in [1.807, 2.05) is 24.3 Å². The SMILES string of the molecule is CC(C)(C)c1ccccc1Oc1ncccc1NC(=O)Nc1ccc(-n2ccc(C(N)=O)n2)cc1. The van der Waals surface area contributed by atoms with Gasteiger partial charge in [-0.3, -0.25) is 4.79 Å². The fourth-order valence-corrected chi connectivity index (χ4v) is 3.43. The molecule has 9 nitrogen and oxygen atoms in total. The molecule has 0 radical (unpaired) electrons. The van der Waals surface area contributed by atoms with Crippen LogP contribution in [0.1, 0.15) is 36.8 Å². The number of carbonyl (C=O) groups excluding carboxylic acids is 2. The second-order valence-electron chi connectivity index (χ2n) is 8.84. The van der Waals surface area contributed by atoms with E-state index in [1.165, 1.54) is 10.7 Å². The van der Waals surface area contributed by atoms with Crippen LogP contribution in [-0.2, 0) is 5.41 Å². The van der Waals surface area contributed by atoms with E-state index in [0.29, 0.717) is 28.7 Å². The summed E-state index contributed by atoms with van der Waals surface area (Å²) in [5, 5.41) is 9.69. The first kappa shape index (κ1) is 23.5. The molecule has 0 spiro atoms. The lowest BCUT2D eigenvalue weighted by atomic mass is 9.86. The lowest BCUT2D eigenvalue weighted by molar-refractivity contribution is 0.0995. The number of nitrogens with one attached hydrogen (secondary N) is 2. The zero-order valence-electron chi connectivity index (χ0n) is 19.6. The zero-order valence-corrected chi connectivity index (χ0v) is 19.6. The standard InChI is InChI=1S/C26H26N6O3/c1-26(2,3)19-7-4-5-9-22(19)35-24-21(8-6-15-28-24)30-25(34)29-17-10-12-18(13-11-17)32-16-14-20(31-32)23(27)33/h4-16H,1-3H3,(H2,27,33)(H2,29,30,34). The summed E-state index contributed by atoms with van der Waals surface area (Å²) in [6, 6.07) is 19.3. The molecule has 0 fully saturated rings. The number of rotatable bonds is 6. The highest BCUT2D eigenvalue weighted by Crippen LogP contribution is 2.35. The van der Waals surface area contributed by atoms with Crippen LogP contribution in [0.25, 0.3) is 5.69 Å². The van der Waals surface area contributed by atoms with Crippen LogP contribution in [0.3, 0.4) is 0 Å².